The molecule has 0 aliphatic carbocycles. The van der Waals surface area contributed by atoms with E-state index < -0.39 is 0 Å². The maximum atomic E-state index is 12.2. The van der Waals surface area contributed by atoms with Crippen LogP contribution in [0.15, 0.2) is 36.4 Å². The number of hydrogen-bond acceptors (Lipinski definition) is 4. The van der Waals surface area contributed by atoms with Crippen LogP contribution >= 0.6 is 11.3 Å². The summed E-state index contributed by atoms with van der Waals surface area (Å²) >= 11 is 1.77. The lowest BCUT2D eigenvalue weighted by atomic mass is 10.2. The van der Waals surface area contributed by atoms with E-state index in [1.807, 2.05) is 24.3 Å². The van der Waals surface area contributed by atoms with Crippen LogP contribution in [0.1, 0.15) is 22.6 Å². The molecular weight excluding hydrogens is 324 g/mol. The van der Waals surface area contributed by atoms with Crippen molar-refractivity contribution in [2.45, 2.75) is 26.2 Å². The van der Waals surface area contributed by atoms with Gasteiger partial charge < -0.3 is 10.1 Å². The Morgan fingerprint density at radius 3 is 2.83 bits per heavy atom. The van der Waals surface area contributed by atoms with Gasteiger partial charge in [-0.15, -0.1) is 11.3 Å². The van der Waals surface area contributed by atoms with Crippen LogP contribution in [-0.2, 0) is 16.0 Å². The topological polar surface area (TPSA) is 58.6 Å². The van der Waals surface area contributed by atoms with Gasteiger partial charge in [0, 0.05) is 16.2 Å². The minimum absolute atomic E-state index is 0.0386. The maximum absolute atomic E-state index is 12.2. The number of ether oxygens (including phenoxy) is 1. The Balaban J connectivity index is 1.57. The lowest BCUT2D eigenvalue weighted by Crippen LogP contribution is -2.25. The summed E-state index contributed by atoms with van der Waals surface area (Å²) in [5.41, 5.74) is 1.33. The first-order valence-electron chi connectivity index (χ1n) is 8.02. The smallest absolute Gasteiger partial charge is 0.414 e. The Hall–Kier alpha value is -2.34. The first-order valence-corrected chi connectivity index (χ1v) is 8.83. The molecule has 1 N–H and O–H groups in total. The fourth-order valence-corrected chi connectivity index (χ4v) is 3.61. The van der Waals surface area contributed by atoms with Crippen LogP contribution in [-0.4, -0.2) is 25.2 Å². The zero-order valence-electron chi connectivity index (χ0n) is 13.6. The summed E-state index contributed by atoms with van der Waals surface area (Å²) in [6, 6.07) is 11.5. The number of para-hydroxylation sites is 2. The molecule has 3 rings (SSSR count). The zero-order valence-corrected chi connectivity index (χ0v) is 14.4. The number of benzene rings is 1. The van der Waals surface area contributed by atoms with E-state index in [9.17, 15) is 9.59 Å². The van der Waals surface area contributed by atoms with E-state index in [2.05, 4.69) is 24.4 Å². The Morgan fingerprint density at radius 2 is 2.12 bits per heavy atom. The number of thiophene rings is 1. The Kier molecular flexibility index (Phi) is 5.15. The minimum Gasteiger partial charge on any atom is -0.447 e. The highest BCUT2D eigenvalue weighted by atomic mass is 32.1. The fraction of sp³-hybridized carbons (Fsp3) is 0.333. The van der Waals surface area contributed by atoms with Gasteiger partial charge in [0.05, 0.1) is 17.9 Å². The van der Waals surface area contributed by atoms with Crippen LogP contribution in [0.25, 0.3) is 0 Å². The third kappa shape index (κ3) is 3.94. The fourth-order valence-electron chi connectivity index (χ4n) is 2.68. The van der Waals surface area contributed by atoms with E-state index in [1.165, 1.54) is 9.75 Å². The number of aryl methyl sites for hydroxylation is 2. The van der Waals surface area contributed by atoms with E-state index in [0.29, 0.717) is 30.9 Å². The molecular formula is C18H20N2O3S. The van der Waals surface area contributed by atoms with Gasteiger partial charge in [-0.2, -0.15) is 0 Å². The summed E-state index contributed by atoms with van der Waals surface area (Å²) in [5, 5.41) is 2.91. The summed E-state index contributed by atoms with van der Waals surface area (Å²) in [5.74, 6) is -0.0386. The van der Waals surface area contributed by atoms with Gasteiger partial charge in [-0.1, -0.05) is 12.1 Å². The van der Waals surface area contributed by atoms with Crippen LogP contribution in [0.5, 0.6) is 0 Å². The Morgan fingerprint density at radius 1 is 1.29 bits per heavy atom. The number of anilines is 2. The van der Waals surface area contributed by atoms with Gasteiger partial charge in [-0.25, -0.2) is 4.79 Å². The summed E-state index contributed by atoms with van der Waals surface area (Å²) in [6.45, 7) is 2.96. The van der Waals surface area contributed by atoms with Crippen LogP contribution in [0.4, 0.5) is 16.2 Å². The van der Waals surface area contributed by atoms with Crippen molar-refractivity contribution in [3.63, 3.8) is 0 Å². The van der Waals surface area contributed by atoms with Crippen molar-refractivity contribution in [1.82, 2.24) is 0 Å². The van der Waals surface area contributed by atoms with Crippen molar-refractivity contribution in [2.75, 3.05) is 23.4 Å². The molecule has 0 saturated carbocycles. The minimum atomic E-state index is -0.371. The zero-order chi connectivity index (χ0) is 16.9. The van der Waals surface area contributed by atoms with E-state index in [0.717, 1.165) is 12.8 Å². The second-order valence-corrected chi connectivity index (χ2v) is 7.07. The molecule has 6 heteroatoms. The molecule has 2 heterocycles. The van der Waals surface area contributed by atoms with E-state index in [-0.39, 0.29) is 12.0 Å². The number of rotatable bonds is 6. The summed E-state index contributed by atoms with van der Waals surface area (Å²) in [4.78, 5) is 28.1. The first-order chi connectivity index (χ1) is 11.6. The molecule has 0 bridgehead atoms. The molecule has 5 nitrogen and oxygen atoms in total. The third-order valence-corrected chi connectivity index (χ3v) is 4.91. The average Bonchev–Trinajstić information content (AvgIpc) is 3.16. The van der Waals surface area contributed by atoms with Crippen LogP contribution < -0.4 is 10.2 Å². The first kappa shape index (κ1) is 16.5. The second-order valence-electron chi connectivity index (χ2n) is 5.70. The van der Waals surface area contributed by atoms with Gasteiger partial charge in [0.25, 0.3) is 0 Å². The average molecular weight is 344 g/mol. The van der Waals surface area contributed by atoms with Crippen LogP contribution in [0.3, 0.4) is 0 Å². The molecule has 0 radical (unpaired) electrons. The molecule has 1 saturated heterocycles. The van der Waals surface area contributed by atoms with E-state index >= 15 is 0 Å². The summed E-state index contributed by atoms with van der Waals surface area (Å²) in [7, 11) is 0. The SMILES string of the molecule is Cc1ccc(CCCC(=O)Nc2ccccc2N2CCOC2=O)s1. The van der Waals surface area contributed by atoms with Gasteiger partial charge in [0.15, 0.2) is 0 Å². The van der Waals surface area contributed by atoms with Crippen molar-refractivity contribution in [3.05, 3.63) is 46.2 Å². The Bertz CT molecular complexity index is 741. The molecule has 1 fully saturated rings. The standard InChI is InChI=1S/C18H20N2O3S/c1-13-9-10-14(24-13)5-4-8-17(21)19-15-6-2-3-7-16(15)20-11-12-23-18(20)22/h2-3,6-7,9-10H,4-5,8,11-12H2,1H3,(H,19,21). The number of amides is 2. The van der Waals surface area contributed by atoms with Gasteiger partial charge in [-0.3, -0.25) is 9.69 Å². The molecule has 24 heavy (non-hydrogen) atoms. The number of hydrogen-bond donors (Lipinski definition) is 1. The number of carbonyl (C=O) groups is 2. The van der Waals surface area contributed by atoms with Crippen molar-refractivity contribution in [1.29, 1.82) is 0 Å². The molecule has 0 spiro atoms. The van der Waals surface area contributed by atoms with Crippen molar-refractivity contribution in [3.8, 4) is 0 Å². The molecule has 1 aliphatic rings. The molecule has 126 valence electrons. The number of carbonyl (C=O) groups excluding carboxylic acids is 2. The molecule has 2 aromatic rings. The molecule has 0 atom stereocenters. The quantitative estimate of drug-likeness (QED) is 0.862. The Labute approximate surface area is 145 Å². The summed E-state index contributed by atoms with van der Waals surface area (Å²) < 4.78 is 4.97. The second kappa shape index (κ2) is 7.49. The highest BCUT2D eigenvalue weighted by Gasteiger charge is 2.25. The third-order valence-electron chi connectivity index (χ3n) is 3.85. The predicted molar refractivity (Wildman–Crippen MR) is 95.8 cm³/mol. The van der Waals surface area contributed by atoms with Gasteiger partial charge in [-0.05, 0) is 44.0 Å². The van der Waals surface area contributed by atoms with Crippen molar-refractivity contribution < 1.29 is 14.3 Å². The monoisotopic (exact) mass is 344 g/mol. The highest BCUT2D eigenvalue weighted by molar-refractivity contribution is 7.11. The number of cyclic esters (lactones) is 1. The molecule has 2 amide bonds. The molecule has 0 unspecified atom stereocenters. The number of nitrogens with one attached hydrogen (secondary N) is 1. The molecule has 1 aliphatic heterocycles. The maximum Gasteiger partial charge on any atom is 0.414 e. The van der Waals surface area contributed by atoms with Gasteiger partial charge >= 0.3 is 6.09 Å². The van der Waals surface area contributed by atoms with E-state index in [4.69, 9.17) is 4.74 Å². The van der Waals surface area contributed by atoms with Gasteiger partial charge in [0.2, 0.25) is 5.91 Å². The van der Waals surface area contributed by atoms with Crippen LogP contribution in [0, 0.1) is 6.92 Å². The van der Waals surface area contributed by atoms with E-state index in [1.54, 1.807) is 16.2 Å². The largest absolute Gasteiger partial charge is 0.447 e. The molecule has 1 aromatic heterocycles. The highest BCUT2D eigenvalue weighted by Crippen LogP contribution is 2.28. The van der Waals surface area contributed by atoms with Crippen LogP contribution in [0.2, 0.25) is 0 Å². The lowest BCUT2D eigenvalue weighted by molar-refractivity contribution is -0.116. The lowest BCUT2D eigenvalue weighted by Gasteiger charge is -2.17. The normalized spacial score (nSPS) is 13.9. The van der Waals surface area contributed by atoms with Gasteiger partial charge in [0.1, 0.15) is 6.61 Å². The summed E-state index contributed by atoms with van der Waals surface area (Å²) in [6.07, 6.45) is 1.80. The van der Waals surface area contributed by atoms with Crippen molar-refractivity contribution >= 4 is 34.7 Å². The predicted octanol–water partition coefficient (Wildman–Crippen LogP) is 3.97. The van der Waals surface area contributed by atoms with Crippen molar-refractivity contribution in [2.24, 2.45) is 0 Å². The number of nitrogens with zero attached hydrogens (tertiary/aromatic N) is 1. The molecule has 1 aromatic carbocycles.